The Bertz CT molecular complexity index is 709. The summed E-state index contributed by atoms with van der Waals surface area (Å²) >= 11 is 0. The molecule has 8 heteroatoms. The molecule has 0 aliphatic carbocycles. The fourth-order valence-corrected chi connectivity index (χ4v) is 2.67. The Kier molecular flexibility index (Phi) is 3.84. The maximum Gasteiger partial charge on any atom is 0.244 e. The number of hydrogen-bond acceptors (Lipinski definition) is 6. The van der Waals surface area contributed by atoms with Crippen LogP contribution in [0.15, 0.2) is 40.0 Å². The highest BCUT2D eigenvalue weighted by atomic mass is 32.2. The fraction of sp³-hybridized carbons (Fsp3) is 0.250. The molecule has 0 aliphatic rings. The normalized spacial score (nSPS) is 12.9. The first-order valence-corrected chi connectivity index (χ1v) is 7.35. The first-order chi connectivity index (χ1) is 9.41. The van der Waals surface area contributed by atoms with Crippen molar-refractivity contribution in [2.75, 3.05) is 5.32 Å². The van der Waals surface area contributed by atoms with E-state index in [4.69, 9.17) is 4.52 Å². The monoisotopic (exact) mass is 295 g/mol. The van der Waals surface area contributed by atoms with Crippen molar-refractivity contribution in [1.29, 1.82) is 0 Å². The average Bonchev–Trinajstić information content (AvgIpc) is 2.84. The van der Waals surface area contributed by atoms with Gasteiger partial charge in [-0.15, -0.1) is 0 Å². The van der Waals surface area contributed by atoms with E-state index in [1.165, 1.54) is 25.3 Å². The van der Waals surface area contributed by atoms with Crippen LogP contribution >= 0.6 is 0 Å². The average molecular weight is 295 g/mol. The molecule has 0 saturated heterocycles. The van der Waals surface area contributed by atoms with E-state index in [0.717, 1.165) is 0 Å². The topological polar surface area (TPSA) is 102 Å². The second kappa shape index (κ2) is 5.41. The maximum absolute atomic E-state index is 12.2. The third-order valence-corrected chi connectivity index (χ3v) is 4.61. The lowest BCUT2D eigenvalue weighted by molar-refractivity contribution is -0.115. The number of rotatable bonds is 4. The number of pyridine rings is 1. The summed E-state index contributed by atoms with van der Waals surface area (Å²) in [5.74, 6) is 0.0000557. The van der Waals surface area contributed by atoms with E-state index in [1.807, 2.05) is 0 Å². The molecule has 20 heavy (non-hydrogen) atoms. The minimum atomic E-state index is -3.83. The minimum absolute atomic E-state index is 0.140. The van der Waals surface area contributed by atoms with Gasteiger partial charge in [0.25, 0.3) is 0 Å². The molecule has 2 aromatic heterocycles. The standard InChI is InChI=1S/C12H13N3O4S/c1-8-7-10(15-19-8)14-12(16)9(2)20(17,18)11-5-3-4-6-13-11/h3-7,9H,1-2H3,(H,14,15,16)/t9-/m1/s1. The van der Waals surface area contributed by atoms with Gasteiger partial charge >= 0.3 is 0 Å². The van der Waals surface area contributed by atoms with Crippen LogP contribution in [-0.2, 0) is 14.6 Å². The van der Waals surface area contributed by atoms with Crippen LogP contribution < -0.4 is 5.32 Å². The highest BCUT2D eigenvalue weighted by molar-refractivity contribution is 7.92. The van der Waals surface area contributed by atoms with Crippen molar-refractivity contribution in [3.63, 3.8) is 0 Å². The summed E-state index contributed by atoms with van der Waals surface area (Å²) in [6.45, 7) is 2.96. The maximum atomic E-state index is 12.2. The number of carbonyl (C=O) groups is 1. The van der Waals surface area contributed by atoms with Gasteiger partial charge in [-0.3, -0.25) is 4.79 Å². The first kappa shape index (κ1) is 14.2. The lowest BCUT2D eigenvalue weighted by atomic mass is 10.4. The molecule has 0 spiro atoms. The van der Waals surface area contributed by atoms with Gasteiger partial charge in [-0.05, 0) is 26.0 Å². The van der Waals surface area contributed by atoms with Crippen LogP contribution in [0.3, 0.4) is 0 Å². The van der Waals surface area contributed by atoms with Crippen LogP contribution in [0, 0.1) is 6.92 Å². The van der Waals surface area contributed by atoms with Crippen molar-refractivity contribution in [3.05, 3.63) is 36.2 Å². The van der Waals surface area contributed by atoms with Crippen LogP contribution in [0.1, 0.15) is 12.7 Å². The van der Waals surface area contributed by atoms with Gasteiger partial charge in [0.05, 0.1) is 0 Å². The van der Waals surface area contributed by atoms with Gasteiger partial charge < -0.3 is 9.84 Å². The number of nitrogens with zero attached hydrogens (tertiary/aromatic N) is 2. The molecule has 1 amide bonds. The molecule has 0 fully saturated rings. The SMILES string of the molecule is Cc1cc(NC(=O)[C@@H](C)S(=O)(=O)c2ccccn2)no1. The molecule has 0 radical (unpaired) electrons. The van der Waals surface area contributed by atoms with Crippen molar-refractivity contribution in [1.82, 2.24) is 10.1 Å². The Morgan fingerprint density at radius 3 is 2.70 bits per heavy atom. The molecule has 106 valence electrons. The summed E-state index contributed by atoms with van der Waals surface area (Å²) in [5.41, 5.74) is 0. The smallest absolute Gasteiger partial charge is 0.244 e. The van der Waals surface area contributed by atoms with Gasteiger partial charge in [-0.1, -0.05) is 11.2 Å². The molecule has 0 aromatic carbocycles. The predicted octanol–water partition coefficient (Wildman–Crippen LogP) is 1.18. The zero-order chi connectivity index (χ0) is 14.8. The van der Waals surface area contributed by atoms with Crippen LogP contribution in [0.25, 0.3) is 0 Å². The third kappa shape index (κ3) is 2.85. The zero-order valence-electron chi connectivity index (χ0n) is 10.9. The Balaban J connectivity index is 2.18. The molecule has 0 aliphatic heterocycles. The molecule has 0 bridgehead atoms. The number of nitrogens with one attached hydrogen (secondary N) is 1. The van der Waals surface area contributed by atoms with Crippen molar-refractivity contribution in [2.45, 2.75) is 24.1 Å². The van der Waals surface area contributed by atoms with E-state index in [2.05, 4.69) is 15.5 Å². The van der Waals surface area contributed by atoms with E-state index in [-0.39, 0.29) is 10.8 Å². The van der Waals surface area contributed by atoms with Gasteiger partial charge in [0, 0.05) is 12.3 Å². The third-order valence-electron chi connectivity index (χ3n) is 2.64. The van der Waals surface area contributed by atoms with Crippen LogP contribution in [0.2, 0.25) is 0 Å². The second-order valence-electron chi connectivity index (χ2n) is 4.17. The van der Waals surface area contributed by atoms with E-state index >= 15 is 0 Å². The molecular formula is C12H13N3O4S. The fourth-order valence-electron chi connectivity index (χ4n) is 1.49. The number of amides is 1. The molecule has 2 heterocycles. The number of hydrogen-bond donors (Lipinski definition) is 1. The number of aryl methyl sites for hydroxylation is 1. The first-order valence-electron chi connectivity index (χ1n) is 5.80. The quantitative estimate of drug-likeness (QED) is 0.908. The van der Waals surface area contributed by atoms with Crippen LogP contribution in [0.5, 0.6) is 0 Å². The summed E-state index contributed by atoms with van der Waals surface area (Å²) in [4.78, 5) is 15.7. The lowest BCUT2D eigenvalue weighted by Crippen LogP contribution is -2.33. The van der Waals surface area contributed by atoms with Crippen molar-refractivity contribution in [2.24, 2.45) is 0 Å². The molecule has 1 atom stereocenters. The van der Waals surface area contributed by atoms with Crippen LogP contribution in [-0.4, -0.2) is 29.7 Å². The zero-order valence-corrected chi connectivity index (χ0v) is 11.7. The van der Waals surface area contributed by atoms with E-state index in [0.29, 0.717) is 5.76 Å². The van der Waals surface area contributed by atoms with Gasteiger partial charge in [0.15, 0.2) is 10.8 Å². The van der Waals surface area contributed by atoms with Crippen molar-refractivity contribution < 1.29 is 17.7 Å². The number of sulfone groups is 1. The van der Waals surface area contributed by atoms with Gasteiger partial charge in [0.2, 0.25) is 15.7 Å². The Morgan fingerprint density at radius 1 is 1.40 bits per heavy atom. The Hall–Kier alpha value is -2.22. The molecule has 0 unspecified atom stereocenters. The van der Waals surface area contributed by atoms with Gasteiger partial charge in [-0.25, -0.2) is 13.4 Å². The summed E-state index contributed by atoms with van der Waals surface area (Å²) in [6.07, 6.45) is 1.36. The number of aromatic nitrogens is 2. The van der Waals surface area contributed by atoms with Crippen molar-refractivity contribution in [3.8, 4) is 0 Å². The molecule has 0 saturated carbocycles. The molecule has 2 aromatic rings. The molecule has 2 rings (SSSR count). The molecule has 1 N–H and O–H groups in total. The van der Waals surface area contributed by atoms with E-state index in [1.54, 1.807) is 19.1 Å². The van der Waals surface area contributed by atoms with E-state index < -0.39 is 21.0 Å². The van der Waals surface area contributed by atoms with Crippen LogP contribution in [0.4, 0.5) is 5.82 Å². The molecule has 7 nitrogen and oxygen atoms in total. The summed E-state index contributed by atoms with van der Waals surface area (Å²) < 4.78 is 29.2. The lowest BCUT2D eigenvalue weighted by Gasteiger charge is -2.11. The summed E-state index contributed by atoms with van der Waals surface area (Å²) in [5, 5.41) is 4.54. The molecular weight excluding hydrogens is 282 g/mol. The van der Waals surface area contributed by atoms with Crippen molar-refractivity contribution >= 4 is 21.6 Å². The Morgan fingerprint density at radius 2 is 2.15 bits per heavy atom. The Labute approximate surface area is 115 Å². The van der Waals surface area contributed by atoms with E-state index in [9.17, 15) is 13.2 Å². The number of carbonyl (C=O) groups excluding carboxylic acids is 1. The highest BCUT2D eigenvalue weighted by Crippen LogP contribution is 2.15. The predicted molar refractivity (Wildman–Crippen MR) is 70.8 cm³/mol. The minimum Gasteiger partial charge on any atom is -0.360 e. The summed E-state index contributed by atoms with van der Waals surface area (Å²) in [6, 6.07) is 5.99. The van der Waals surface area contributed by atoms with Gasteiger partial charge in [-0.2, -0.15) is 0 Å². The largest absolute Gasteiger partial charge is 0.360 e. The second-order valence-corrected chi connectivity index (χ2v) is 6.38. The summed E-state index contributed by atoms with van der Waals surface area (Å²) in [7, 11) is -3.83. The van der Waals surface area contributed by atoms with Gasteiger partial charge in [0.1, 0.15) is 11.0 Å². The highest BCUT2D eigenvalue weighted by Gasteiger charge is 2.31. The number of anilines is 1.